The van der Waals surface area contributed by atoms with Crippen LogP contribution in [-0.4, -0.2) is 0 Å². The summed E-state index contributed by atoms with van der Waals surface area (Å²) >= 11 is 0. The molecule has 2 rings (SSSR count). The van der Waals surface area contributed by atoms with Crippen molar-refractivity contribution in [2.24, 2.45) is 17.3 Å². The molecule has 2 aliphatic rings. The topological polar surface area (TPSA) is 0 Å². The smallest absolute Gasteiger partial charge is 0.0175 e. The Hall–Kier alpha value is -0.520. The zero-order valence-corrected chi connectivity index (χ0v) is 10.5. The first-order valence-electron chi connectivity index (χ1n) is 6.34. The maximum atomic E-state index is 4.19. The molecule has 0 aliphatic heterocycles. The summed E-state index contributed by atoms with van der Waals surface area (Å²) in [6, 6.07) is 0. The van der Waals surface area contributed by atoms with Gasteiger partial charge >= 0.3 is 0 Å². The molecule has 0 radical (unpaired) electrons. The van der Waals surface area contributed by atoms with Crippen LogP contribution in [0.2, 0.25) is 0 Å². The SMILES string of the molecule is C=C(C)[C@H]1CC[C@@]2(C)CC=C(C)CC[C@@H]12. The molecule has 2 aliphatic carbocycles. The Morgan fingerprint density at radius 3 is 2.87 bits per heavy atom. The van der Waals surface area contributed by atoms with Gasteiger partial charge in [-0.1, -0.05) is 30.7 Å². The lowest BCUT2D eigenvalue weighted by Gasteiger charge is -2.32. The summed E-state index contributed by atoms with van der Waals surface area (Å²) in [5, 5.41) is 0. The minimum absolute atomic E-state index is 0.571. The van der Waals surface area contributed by atoms with Crippen molar-refractivity contribution in [3.05, 3.63) is 23.8 Å². The first kappa shape index (κ1) is 11.0. The molecule has 0 saturated heterocycles. The lowest BCUT2D eigenvalue weighted by atomic mass is 9.72. The van der Waals surface area contributed by atoms with Gasteiger partial charge in [-0.2, -0.15) is 0 Å². The van der Waals surface area contributed by atoms with E-state index in [2.05, 4.69) is 33.4 Å². The van der Waals surface area contributed by atoms with E-state index in [-0.39, 0.29) is 0 Å². The third kappa shape index (κ3) is 1.91. The van der Waals surface area contributed by atoms with Crippen LogP contribution in [0, 0.1) is 17.3 Å². The van der Waals surface area contributed by atoms with Gasteiger partial charge in [-0.25, -0.2) is 0 Å². The molecule has 0 N–H and O–H groups in total. The molecule has 0 heterocycles. The highest BCUT2D eigenvalue weighted by atomic mass is 14.5. The van der Waals surface area contributed by atoms with E-state index >= 15 is 0 Å². The second-order valence-electron chi connectivity index (χ2n) is 6.05. The van der Waals surface area contributed by atoms with Crippen molar-refractivity contribution in [2.75, 3.05) is 0 Å². The zero-order chi connectivity index (χ0) is 11.1. The third-order valence-electron chi connectivity index (χ3n) is 4.81. The van der Waals surface area contributed by atoms with E-state index in [1.165, 1.54) is 37.7 Å². The highest BCUT2D eigenvalue weighted by Gasteiger charge is 2.44. The fourth-order valence-corrected chi connectivity index (χ4v) is 3.64. The molecule has 84 valence electrons. The van der Waals surface area contributed by atoms with E-state index in [4.69, 9.17) is 0 Å². The van der Waals surface area contributed by atoms with Crippen molar-refractivity contribution in [1.82, 2.24) is 0 Å². The summed E-state index contributed by atoms with van der Waals surface area (Å²) in [7, 11) is 0. The molecular weight excluding hydrogens is 180 g/mol. The van der Waals surface area contributed by atoms with Crippen LogP contribution in [0.4, 0.5) is 0 Å². The van der Waals surface area contributed by atoms with Gasteiger partial charge in [-0.15, -0.1) is 0 Å². The van der Waals surface area contributed by atoms with Gasteiger partial charge in [-0.05, 0) is 63.2 Å². The minimum Gasteiger partial charge on any atom is -0.0999 e. The van der Waals surface area contributed by atoms with Gasteiger partial charge in [-0.3, -0.25) is 0 Å². The van der Waals surface area contributed by atoms with Gasteiger partial charge in [0, 0.05) is 0 Å². The van der Waals surface area contributed by atoms with Crippen molar-refractivity contribution >= 4 is 0 Å². The largest absolute Gasteiger partial charge is 0.0999 e. The second-order valence-corrected chi connectivity index (χ2v) is 6.05. The Morgan fingerprint density at radius 2 is 2.20 bits per heavy atom. The maximum Gasteiger partial charge on any atom is -0.0175 e. The molecule has 0 aromatic carbocycles. The van der Waals surface area contributed by atoms with Crippen molar-refractivity contribution < 1.29 is 0 Å². The van der Waals surface area contributed by atoms with E-state index in [1.54, 1.807) is 5.57 Å². The summed E-state index contributed by atoms with van der Waals surface area (Å²) in [6.07, 6.45) is 9.26. The molecule has 0 unspecified atom stereocenters. The number of fused-ring (bicyclic) bond motifs is 1. The van der Waals surface area contributed by atoms with E-state index < -0.39 is 0 Å². The first-order chi connectivity index (χ1) is 7.03. The van der Waals surface area contributed by atoms with Gasteiger partial charge < -0.3 is 0 Å². The van der Waals surface area contributed by atoms with E-state index in [9.17, 15) is 0 Å². The summed E-state index contributed by atoms with van der Waals surface area (Å²) in [4.78, 5) is 0. The van der Waals surface area contributed by atoms with Gasteiger partial charge in [0.25, 0.3) is 0 Å². The summed E-state index contributed by atoms with van der Waals surface area (Å²) in [6.45, 7) is 11.2. The van der Waals surface area contributed by atoms with Gasteiger partial charge in [0.05, 0.1) is 0 Å². The lowest BCUT2D eigenvalue weighted by molar-refractivity contribution is 0.201. The molecule has 0 aromatic rings. The quantitative estimate of drug-likeness (QED) is 0.542. The molecule has 3 atom stereocenters. The minimum atomic E-state index is 0.571. The van der Waals surface area contributed by atoms with Gasteiger partial charge in [0.1, 0.15) is 0 Å². The Labute approximate surface area is 94.5 Å². The molecule has 0 nitrogen and oxygen atoms in total. The predicted molar refractivity (Wildman–Crippen MR) is 66.7 cm³/mol. The highest BCUT2D eigenvalue weighted by Crippen LogP contribution is 2.54. The van der Waals surface area contributed by atoms with Crippen LogP contribution in [0.5, 0.6) is 0 Å². The fourth-order valence-electron chi connectivity index (χ4n) is 3.64. The van der Waals surface area contributed by atoms with Crippen molar-refractivity contribution in [1.29, 1.82) is 0 Å². The Balaban J connectivity index is 2.22. The molecular formula is C15H24. The molecule has 0 heteroatoms. The molecule has 0 spiro atoms. The highest BCUT2D eigenvalue weighted by molar-refractivity contribution is 5.13. The Kier molecular flexibility index (Phi) is 2.79. The van der Waals surface area contributed by atoms with E-state index in [1.807, 2.05) is 0 Å². The summed E-state index contributed by atoms with van der Waals surface area (Å²) < 4.78 is 0. The van der Waals surface area contributed by atoms with Crippen molar-refractivity contribution in [3.8, 4) is 0 Å². The standard InChI is InChI=1S/C15H24/c1-11(2)13-8-10-15(4)9-7-12(3)5-6-14(13)15/h7,13-14H,1,5-6,8-10H2,2-4H3/t13-,14+,15-/m1/s1. The van der Waals surface area contributed by atoms with Crippen LogP contribution < -0.4 is 0 Å². The average molecular weight is 204 g/mol. The Morgan fingerprint density at radius 1 is 1.47 bits per heavy atom. The van der Waals surface area contributed by atoms with Crippen LogP contribution in [0.25, 0.3) is 0 Å². The van der Waals surface area contributed by atoms with E-state index in [0.29, 0.717) is 5.41 Å². The summed E-state index contributed by atoms with van der Waals surface area (Å²) in [5.41, 5.74) is 3.59. The first-order valence-corrected chi connectivity index (χ1v) is 6.34. The number of hydrogen-bond donors (Lipinski definition) is 0. The molecule has 0 aromatic heterocycles. The van der Waals surface area contributed by atoms with Crippen LogP contribution in [0.3, 0.4) is 0 Å². The van der Waals surface area contributed by atoms with Crippen LogP contribution >= 0.6 is 0 Å². The Bertz CT molecular complexity index is 297. The van der Waals surface area contributed by atoms with Crippen LogP contribution in [0.15, 0.2) is 23.8 Å². The number of rotatable bonds is 1. The molecule has 0 bridgehead atoms. The van der Waals surface area contributed by atoms with Crippen molar-refractivity contribution in [3.63, 3.8) is 0 Å². The zero-order valence-electron chi connectivity index (χ0n) is 10.5. The summed E-state index contributed by atoms with van der Waals surface area (Å²) in [5.74, 6) is 1.69. The normalized spacial score (nSPS) is 40.6. The van der Waals surface area contributed by atoms with Crippen LogP contribution in [-0.2, 0) is 0 Å². The van der Waals surface area contributed by atoms with Crippen molar-refractivity contribution in [2.45, 2.75) is 52.9 Å². The van der Waals surface area contributed by atoms with Crippen LogP contribution in [0.1, 0.15) is 52.9 Å². The maximum absolute atomic E-state index is 4.19. The molecule has 1 saturated carbocycles. The fraction of sp³-hybridized carbons (Fsp3) is 0.733. The molecule has 1 fully saturated rings. The third-order valence-corrected chi connectivity index (χ3v) is 4.81. The lowest BCUT2D eigenvalue weighted by Crippen LogP contribution is -2.24. The number of hydrogen-bond acceptors (Lipinski definition) is 0. The van der Waals surface area contributed by atoms with E-state index in [0.717, 1.165) is 11.8 Å². The monoisotopic (exact) mass is 204 g/mol. The number of allylic oxidation sites excluding steroid dienone is 3. The van der Waals surface area contributed by atoms with Gasteiger partial charge in [0.15, 0.2) is 0 Å². The molecule has 15 heavy (non-hydrogen) atoms. The molecule has 0 amide bonds. The second kappa shape index (κ2) is 3.81. The van der Waals surface area contributed by atoms with Gasteiger partial charge in [0.2, 0.25) is 0 Å². The average Bonchev–Trinajstić information content (AvgIpc) is 2.43. The predicted octanol–water partition coefficient (Wildman–Crippen LogP) is 4.73.